The first-order chi connectivity index (χ1) is 6.83. The van der Waals surface area contributed by atoms with Crippen molar-refractivity contribution in [1.29, 1.82) is 0 Å². The largest absolute Gasteiger partial charge is 0.316 e. The summed E-state index contributed by atoms with van der Waals surface area (Å²) in [7, 11) is 0. The molecule has 1 heteroatoms. The molecular weight excluding hydrogens is 170 g/mol. The molecule has 0 atom stereocenters. The van der Waals surface area contributed by atoms with Crippen molar-refractivity contribution in [3.63, 3.8) is 0 Å². The molecular formula is C13H27N. The lowest BCUT2D eigenvalue weighted by atomic mass is 9.83. The van der Waals surface area contributed by atoms with Crippen LogP contribution in [0.2, 0.25) is 0 Å². The molecule has 0 bridgehead atoms. The van der Waals surface area contributed by atoms with Gasteiger partial charge in [-0.15, -0.1) is 0 Å². The zero-order chi connectivity index (χ0) is 10.2. The summed E-state index contributed by atoms with van der Waals surface area (Å²) in [5.41, 5.74) is 0. The van der Waals surface area contributed by atoms with Crippen LogP contribution in [0.1, 0.15) is 58.8 Å². The molecule has 0 amide bonds. The zero-order valence-corrected chi connectivity index (χ0v) is 10.0. The summed E-state index contributed by atoms with van der Waals surface area (Å²) >= 11 is 0. The summed E-state index contributed by atoms with van der Waals surface area (Å²) < 4.78 is 0. The average Bonchev–Trinajstić information content (AvgIpc) is 2.21. The quantitative estimate of drug-likeness (QED) is 0.642. The van der Waals surface area contributed by atoms with E-state index >= 15 is 0 Å². The normalized spacial score (nSPS) is 27.9. The smallest absolute Gasteiger partial charge is 0.00205 e. The van der Waals surface area contributed by atoms with Crippen molar-refractivity contribution in [1.82, 2.24) is 5.32 Å². The Kier molecular flexibility index (Phi) is 6.25. The van der Waals surface area contributed by atoms with Crippen molar-refractivity contribution in [3.05, 3.63) is 0 Å². The van der Waals surface area contributed by atoms with E-state index in [1.165, 1.54) is 58.0 Å². The lowest BCUT2D eigenvalue weighted by Crippen LogP contribution is -2.26. The third-order valence-corrected chi connectivity index (χ3v) is 3.53. The Morgan fingerprint density at radius 1 is 1.07 bits per heavy atom. The predicted octanol–water partition coefficient (Wildman–Crippen LogP) is 3.59. The van der Waals surface area contributed by atoms with Crippen LogP contribution < -0.4 is 5.32 Å². The third kappa shape index (κ3) is 4.99. The second-order valence-corrected chi connectivity index (χ2v) is 5.04. The first kappa shape index (κ1) is 12.0. The molecule has 1 aliphatic rings. The van der Waals surface area contributed by atoms with E-state index in [9.17, 15) is 0 Å². The van der Waals surface area contributed by atoms with Crippen molar-refractivity contribution in [2.24, 2.45) is 11.8 Å². The van der Waals surface area contributed by atoms with Gasteiger partial charge in [0.1, 0.15) is 0 Å². The molecule has 1 N–H and O–H groups in total. The van der Waals surface area contributed by atoms with Gasteiger partial charge in [-0.05, 0) is 44.2 Å². The van der Waals surface area contributed by atoms with Crippen molar-refractivity contribution >= 4 is 0 Å². The van der Waals surface area contributed by atoms with Gasteiger partial charge in [0.2, 0.25) is 0 Å². The van der Waals surface area contributed by atoms with Crippen molar-refractivity contribution in [2.45, 2.75) is 58.8 Å². The van der Waals surface area contributed by atoms with Crippen LogP contribution in [0.15, 0.2) is 0 Å². The molecule has 0 heterocycles. The van der Waals surface area contributed by atoms with E-state index in [4.69, 9.17) is 0 Å². The third-order valence-electron chi connectivity index (χ3n) is 3.53. The Hall–Kier alpha value is -0.0400. The Labute approximate surface area is 89.7 Å². The second kappa shape index (κ2) is 7.28. The zero-order valence-electron chi connectivity index (χ0n) is 10.0. The molecule has 14 heavy (non-hydrogen) atoms. The first-order valence-electron chi connectivity index (χ1n) is 6.53. The molecule has 0 aromatic heterocycles. The van der Waals surface area contributed by atoms with Crippen molar-refractivity contribution in [3.8, 4) is 0 Å². The van der Waals surface area contributed by atoms with E-state index in [1.54, 1.807) is 0 Å². The SMILES string of the molecule is CCCCCNCC1CCC(C)CC1. The molecule has 0 unspecified atom stereocenters. The van der Waals surface area contributed by atoms with Gasteiger partial charge in [-0.3, -0.25) is 0 Å². The highest BCUT2D eigenvalue weighted by Gasteiger charge is 2.17. The Morgan fingerprint density at radius 2 is 1.79 bits per heavy atom. The van der Waals surface area contributed by atoms with Crippen molar-refractivity contribution in [2.75, 3.05) is 13.1 Å². The van der Waals surface area contributed by atoms with Crippen LogP contribution in [-0.2, 0) is 0 Å². The monoisotopic (exact) mass is 197 g/mol. The van der Waals surface area contributed by atoms with Gasteiger partial charge in [-0.1, -0.05) is 39.5 Å². The van der Waals surface area contributed by atoms with E-state index in [0.717, 1.165) is 11.8 Å². The summed E-state index contributed by atoms with van der Waals surface area (Å²) in [6.07, 6.45) is 9.92. The number of hydrogen-bond acceptors (Lipinski definition) is 1. The van der Waals surface area contributed by atoms with E-state index in [1.807, 2.05) is 0 Å². The van der Waals surface area contributed by atoms with Crippen molar-refractivity contribution < 1.29 is 0 Å². The summed E-state index contributed by atoms with van der Waals surface area (Å²) in [4.78, 5) is 0. The molecule has 0 aliphatic heterocycles. The molecule has 1 saturated carbocycles. The molecule has 0 aromatic carbocycles. The molecule has 0 saturated heterocycles. The predicted molar refractivity (Wildman–Crippen MR) is 63.5 cm³/mol. The van der Waals surface area contributed by atoms with Gasteiger partial charge in [0.15, 0.2) is 0 Å². The molecule has 84 valence electrons. The van der Waals surface area contributed by atoms with Crippen LogP contribution in [0.4, 0.5) is 0 Å². The number of unbranched alkanes of at least 4 members (excludes halogenated alkanes) is 2. The highest BCUT2D eigenvalue weighted by atomic mass is 14.9. The fourth-order valence-corrected chi connectivity index (χ4v) is 2.34. The average molecular weight is 197 g/mol. The number of hydrogen-bond donors (Lipinski definition) is 1. The summed E-state index contributed by atoms with van der Waals surface area (Å²) in [5.74, 6) is 1.97. The minimum Gasteiger partial charge on any atom is -0.316 e. The van der Waals surface area contributed by atoms with Gasteiger partial charge in [-0.25, -0.2) is 0 Å². The van der Waals surface area contributed by atoms with E-state index in [0.29, 0.717) is 0 Å². The van der Waals surface area contributed by atoms with Crippen LogP contribution in [-0.4, -0.2) is 13.1 Å². The molecule has 1 fully saturated rings. The molecule has 1 nitrogen and oxygen atoms in total. The summed E-state index contributed by atoms with van der Waals surface area (Å²) in [6.45, 7) is 7.17. The Bertz CT molecular complexity index is 125. The van der Waals surface area contributed by atoms with E-state index < -0.39 is 0 Å². The fourth-order valence-electron chi connectivity index (χ4n) is 2.34. The van der Waals surface area contributed by atoms with Crippen LogP contribution in [0, 0.1) is 11.8 Å². The molecule has 1 aliphatic carbocycles. The van der Waals surface area contributed by atoms with Gasteiger partial charge in [0.05, 0.1) is 0 Å². The maximum atomic E-state index is 3.60. The van der Waals surface area contributed by atoms with Gasteiger partial charge < -0.3 is 5.32 Å². The molecule has 1 rings (SSSR count). The van der Waals surface area contributed by atoms with Gasteiger partial charge >= 0.3 is 0 Å². The maximum Gasteiger partial charge on any atom is -0.00205 e. The summed E-state index contributed by atoms with van der Waals surface area (Å²) in [6, 6.07) is 0. The second-order valence-electron chi connectivity index (χ2n) is 5.04. The minimum atomic E-state index is 0.979. The topological polar surface area (TPSA) is 12.0 Å². The van der Waals surface area contributed by atoms with Gasteiger partial charge in [0, 0.05) is 0 Å². The highest BCUT2D eigenvalue weighted by molar-refractivity contribution is 4.71. The standard InChI is InChI=1S/C13H27N/c1-3-4-5-10-14-11-13-8-6-12(2)7-9-13/h12-14H,3-11H2,1-2H3. The fraction of sp³-hybridized carbons (Fsp3) is 1.00. The minimum absolute atomic E-state index is 0.979. The van der Waals surface area contributed by atoms with Crippen LogP contribution in [0.25, 0.3) is 0 Å². The Balaban J connectivity index is 1.91. The molecule has 0 aromatic rings. The lowest BCUT2D eigenvalue weighted by Gasteiger charge is -2.26. The highest BCUT2D eigenvalue weighted by Crippen LogP contribution is 2.27. The van der Waals surface area contributed by atoms with Crippen LogP contribution >= 0.6 is 0 Å². The molecule has 0 radical (unpaired) electrons. The summed E-state index contributed by atoms with van der Waals surface area (Å²) in [5, 5.41) is 3.60. The van der Waals surface area contributed by atoms with Gasteiger partial charge in [0.25, 0.3) is 0 Å². The maximum absolute atomic E-state index is 3.60. The number of rotatable bonds is 6. The lowest BCUT2D eigenvalue weighted by molar-refractivity contribution is 0.281. The Morgan fingerprint density at radius 3 is 2.43 bits per heavy atom. The van der Waals surface area contributed by atoms with E-state index in [-0.39, 0.29) is 0 Å². The van der Waals surface area contributed by atoms with Gasteiger partial charge in [-0.2, -0.15) is 0 Å². The molecule has 0 spiro atoms. The van der Waals surface area contributed by atoms with Crippen LogP contribution in [0.3, 0.4) is 0 Å². The first-order valence-corrected chi connectivity index (χ1v) is 6.53. The van der Waals surface area contributed by atoms with E-state index in [2.05, 4.69) is 19.2 Å². The number of nitrogens with one attached hydrogen (secondary N) is 1. The van der Waals surface area contributed by atoms with Crippen LogP contribution in [0.5, 0.6) is 0 Å².